The SMILES string of the molecule is COc1ccc([N+](=O)[O-])c(C(c2ccc(C)cc2)S(=O)[O-])n1. The number of ether oxygens (including phenoxy) is 1. The molecule has 0 N–H and O–H groups in total. The standard InChI is InChI=1S/C14H14N2O5S/c1-9-3-5-10(6-4-9)14(22(19)20)13-11(16(17)18)7-8-12(15-13)21-2/h3-8,14H,1-2H3,(H,19,20)/p-1. The molecule has 2 rings (SSSR count). The van der Waals surface area contributed by atoms with Gasteiger partial charge >= 0.3 is 0 Å². The Hall–Kier alpha value is -2.32. The maximum atomic E-state index is 11.7. The van der Waals surface area contributed by atoms with E-state index in [1.165, 1.54) is 19.2 Å². The summed E-state index contributed by atoms with van der Waals surface area (Å²) in [5.74, 6) is 0.114. The lowest BCUT2D eigenvalue weighted by Gasteiger charge is -2.20. The van der Waals surface area contributed by atoms with Crippen LogP contribution in [0.5, 0.6) is 5.88 Å². The molecule has 0 amide bonds. The molecule has 0 saturated carbocycles. The van der Waals surface area contributed by atoms with Crippen LogP contribution in [0.15, 0.2) is 36.4 Å². The second-order valence-corrected chi connectivity index (χ2v) is 5.56. The second-order valence-electron chi connectivity index (χ2n) is 4.57. The summed E-state index contributed by atoms with van der Waals surface area (Å²) >= 11 is -2.62. The fourth-order valence-electron chi connectivity index (χ4n) is 2.01. The van der Waals surface area contributed by atoms with Gasteiger partial charge in [0.05, 0.1) is 17.3 Å². The Morgan fingerprint density at radius 3 is 2.36 bits per heavy atom. The molecular formula is C14H13N2O5S-. The van der Waals surface area contributed by atoms with Gasteiger partial charge in [-0.2, -0.15) is 0 Å². The van der Waals surface area contributed by atoms with Crippen molar-refractivity contribution in [3.8, 4) is 5.88 Å². The molecule has 2 aromatic rings. The molecule has 1 aromatic heterocycles. The van der Waals surface area contributed by atoms with E-state index in [-0.39, 0.29) is 17.3 Å². The van der Waals surface area contributed by atoms with E-state index >= 15 is 0 Å². The molecule has 0 aliphatic rings. The number of benzene rings is 1. The first-order chi connectivity index (χ1) is 10.4. The third kappa shape index (κ3) is 3.29. The van der Waals surface area contributed by atoms with Crippen molar-refractivity contribution in [3.05, 3.63) is 63.3 Å². The van der Waals surface area contributed by atoms with E-state index < -0.39 is 21.3 Å². The van der Waals surface area contributed by atoms with Crippen LogP contribution in [0, 0.1) is 17.0 Å². The van der Waals surface area contributed by atoms with Crippen LogP contribution < -0.4 is 4.74 Å². The zero-order valence-corrected chi connectivity index (χ0v) is 12.7. The van der Waals surface area contributed by atoms with Crippen molar-refractivity contribution < 1.29 is 18.4 Å². The predicted octanol–water partition coefficient (Wildman–Crippen LogP) is 2.28. The van der Waals surface area contributed by atoms with E-state index in [0.717, 1.165) is 5.56 Å². The summed E-state index contributed by atoms with van der Waals surface area (Å²) in [6, 6.07) is 9.21. The Balaban J connectivity index is 2.64. The number of aryl methyl sites for hydroxylation is 1. The highest BCUT2D eigenvalue weighted by Crippen LogP contribution is 2.33. The van der Waals surface area contributed by atoms with E-state index in [0.29, 0.717) is 5.56 Å². The van der Waals surface area contributed by atoms with Gasteiger partial charge < -0.3 is 9.29 Å². The molecule has 0 fully saturated rings. The second kappa shape index (κ2) is 6.63. The van der Waals surface area contributed by atoms with E-state index in [4.69, 9.17) is 4.74 Å². The van der Waals surface area contributed by atoms with Crippen molar-refractivity contribution >= 4 is 16.8 Å². The van der Waals surface area contributed by atoms with Gasteiger partial charge in [0.15, 0.2) is 0 Å². The molecule has 22 heavy (non-hydrogen) atoms. The lowest BCUT2D eigenvalue weighted by molar-refractivity contribution is -0.385. The summed E-state index contributed by atoms with van der Waals surface area (Å²) < 4.78 is 28.3. The van der Waals surface area contributed by atoms with Crippen LogP contribution in [-0.2, 0) is 11.1 Å². The Morgan fingerprint density at radius 2 is 1.86 bits per heavy atom. The molecular weight excluding hydrogens is 308 g/mol. The van der Waals surface area contributed by atoms with Crippen molar-refractivity contribution in [1.29, 1.82) is 0 Å². The van der Waals surface area contributed by atoms with Crippen molar-refractivity contribution in [2.45, 2.75) is 12.2 Å². The van der Waals surface area contributed by atoms with Crippen LogP contribution in [0.3, 0.4) is 0 Å². The monoisotopic (exact) mass is 321 g/mol. The van der Waals surface area contributed by atoms with E-state index in [1.54, 1.807) is 24.3 Å². The first-order valence-electron chi connectivity index (χ1n) is 6.28. The van der Waals surface area contributed by atoms with Gasteiger partial charge in [0, 0.05) is 12.1 Å². The molecule has 1 heterocycles. The molecule has 7 nitrogen and oxygen atoms in total. The zero-order chi connectivity index (χ0) is 16.3. The molecule has 2 atom stereocenters. The Kier molecular flexibility index (Phi) is 4.84. The summed E-state index contributed by atoms with van der Waals surface area (Å²) in [4.78, 5) is 14.5. The van der Waals surface area contributed by atoms with E-state index in [9.17, 15) is 18.9 Å². The highest BCUT2D eigenvalue weighted by molar-refractivity contribution is 7.79. The van der Waals surface area contributed by atoms with E-state index in [1.807, 2.05) is 6.92 Å². The number of pyridine rings is 1. The van der Waals surface area contributed by atoms with Crippen LogP contribution in [0.2, 0.25) is 0 Å². The highest BCUT2D eigenvalue weighted by atomic mass is 32.2. The minimum absolute atomic E-state index is 0.114. The van der Waals surface area contributed by atoms with Gasteiger partial charge in [0.2, 0.25) is 5.88 Å². The smallest absolute Gasteiger partial charge is 0.292 e. The lowest BCUT2D eigenvalue weighted by Crippen LogP contribution is -2.13. The number of nitrogens with zero attached hydrogens (tertiary/aromatic N) is 2. The van der Waals surface area contributed by atoms with Crippen LogP contribution >= 0.6 is 0 Å². The van der Waals surface area contributed by atoms with Gasteiger partial charge in [0.1, 0.15) is 5.69 Å². The summed E-state index contributed by atoms with van der Waals surface area (Å²) in [5, 5.41) is 9.92. The minimum Gasteiger partial charge on any atom is -0.772 e. The molecule has 2 unspecified atom stereocenters. The van der Waals surface area contributed by atoms with Crippen molar-refractivity contribution in [2.75, 3.05) is 7.11 Å². The van der Waals surface area contributed by atoms with Crippen molar-refractivity contribution in [1.82, 2.24) is 4.98 Å². The Morgan fingerprint density at radius 1 is 1.23 bits per heavy atom. The van der Waals surface area contributed by atoms with E-state index in [2.05, 4.69) is 4.98 Å². The molecule has 116 valence electrons. The van der Waals surface area contributed by atoms with Crippen LogP contribution in [0.1, 0.15) is 22.1 Å². The molecule has 1 aromatic carbocycles. The first-order valence-corrected chi connectivity index (χ1v) is 7.41. The predicted molar refractivity (Wildman–Crippen MR) is 79.4 cm³/mol. The quantitative estimate of drug-likeness (QED) is 0.475. The maximum absolute atomic E-state index is 11.7. The van der Waals surface area contributed by atoms with Crippen molar-refractivity contribution in [3.63, 3.8) is 0 Å². The lowest BCUT2D eigenvalue weighted by atomic mass is 10.1. The first kappa shape index (κ1) is 16.1. The number of hydrogen-bond acceptors (Lipinski definition) is 6. The molecule has 0 bridgehead atoms. The van der Waals surface area contributed by atoms with Crippen LogP contribution in [0.25, 0.3) is 0 Å². The van der Waals surface area contributed by atoms with Crippen LogP contribution in [0.4, 0.5) is 5.69 Å². The Bertz CT molecular complexity index is 718. The van der Waals surface area contributed by atoms with Gasteiger partial charge in [-0.05, 0) is 23.6 Å². The summed E-state index contributed by atoms with van der Waals surface area (Å²) in [7, 11) is 1.35. The molecule has 0 aliphatic carbocycles. The summed E-state index contributed by atoms with van der Waals surface area (Å²) in [5.41, 5.74) is 0.826. The fraction of sp³-hybridized carbons (Fsp3) is 0.214. The molecule has 0 aliphatic heterocycles. The van der Waals surface area contributed by atoms with Gasteiger partial charge in [-0.3, -0.25) is 14.3 Å². The Labute approximate surface area is 129 Å². The van der Waals surface area contributed by atoms with Gasteiger partial charge in [-0.1, -0.05) is 29.8 Å². The largest absolute Gasteiger partial charge is 0.772 e. The molecule has 8 heteroatoms. The number of rotatable bonds is 5. The molecule has 0 spiro atoms. The molecule has 0 saturated heterocycles. The number of aromatic nitrogens is 1. The van der Waals surface area contributed by atoms with Gasteiger partial charge in [-0.25, -0.2) is 4.98 Å². The van der Waals surface area contributed by atoms with Gasteiger partial charge in [-0.15, -0.1) is 0 Å². The highest BCUT2D eigenvalue weighted by Gasteiger charge is 2.27. The van der Waals surface area contributed by atoms with Crippen molar-refractivity contribution in [2.24, 2.45) is 0 Å². The van der Waals surface area contributed by atoms with Gasteiger partial charge in [0.25, 0.3) is 5.69 Å². The fourth-order valence-corrected chi connectivity index (χ4v) is 2.75. The maximum Gasteiger partial charge on any atom is 0.292 e. The average Bonchev–Trinajstić information content (AvgIpc) is 2.48. The third-order valence-corrected chi connectivity index (χ3v) is 3.98. The zero-order valence-electron chi connectivity index (χ0n) is 11.9. The minimum atomic E-state index is -2.62. The topological polar surface area (TPSA) is 105 Å². The summed E-state index contributed by atoms with van der Waals surface area (Å²) in [6.07, 6.45) is 0. The van der Waals surface area contributed by atoms with Crippen LogP contribution in [-0.4, -0.2) is 25.8 Å². The average molecular weight is 321 g/mol. The third-order valence-electron chi connectivity index (χ3n) is 3.10. The number of methoxy groups -OCH3 is 1. The normalized spacial score (nSPS) is 13.4. The number of hydrogen-bond donors (Lipinski definition) is 0. The molecule has 0 radical (unpaired) electrons. The summed E-state index contributed by atoms with van der Waals surface area (Å²) in [6.45, 7) is 1.86. The number of nitro groups is 1.